The second kappa shape index (κ2) is 10.2. The summed E-state index contributed by atoms with van der Waals surface area (Å²) < 4.78 is 10.4. The van der Waals surface area contributed by atoms with Gasteiger partial charge in [0.25, 0.3) is 11.8 Å². The minimum absolute atomic E-state index is 0.0669. The van der Waals surface area contributed by atoms with Crippen molar-refractivity contribution in [3.63, 3.8) is 0 Å². The number of carbonyl (C=O) groups is 2. The highest BCUT2D eigenvalue weighted by Crippen LogP contribution is 2.26. The SMILES string of the molecule is COc1ccc([C@H](CNC(=O)c2ccccc2NC(=O)c2ccco2)N2CCCC2)cc1. The second-order valence-electron chi connectivity index (χ2n) is 7.72. The number of benzene rings is 2. The number of hydrogen-bond acceptors (Lipinski definition) is 5. The van der Waals surface area contributed by atoms with E-state index in [0.29, 0.717) is 17.8 Å². The number of anilines is 1. The van der Waals surface area contributed by atoms with Crippen molar-refractivity contribution in [2.45, 2.75) is 18.9 Å². The highest BCUT2D eigenvalue weighted by Gasteiger charge is 2.25. The van der Waals surface area contributed by atoms with E-state index in [1.165, 1.54) is 6.26 Å². The first kappa shape index (κ1) is 21.6. The number of rotatable bonds is 8. The molecule has 1 saturated heterocycles. The number of hydrogen-bond donors (Lipinski definition) is 2. The van der Waals surface area contributed by atoms with Crippen LogP contribution >= 0.6 is 0 Å². The summed E-state index contributed by atoms with van der Waals surface area (Å²) in [5.41, 5.74) is 1.98. The summed E-state index contributed by atoms with van der Waals surface area (Å²) in [4.78, 5) is 27.8. The summed E-state index contributed by atoms with van der Waals surface area (Å²) in [6.45, 7) is 2.47. The molecule has 0 radical (unpaired) electrons. The van der Waals surface area contributed by atoms with Gasteiger partial charge in [0, 0.05) is 6.54 Å². The number of methoxy groups -OCH3 is 1. The van der Waals surface area contributed by atoms with Crippen LogP contribution in [0.5, 0.6) is 5.75 Å². The molecular weight excluding hydrogens is 406 g/mol. The molecule has 166 valence electrons. The van der Waals surface area contributed by atoms with Crippen LogP contribution in [0.3, 0.4) is 0 Å². The quantitative estimate of drug-likeness (QED) is 0.559. The van der Waals surface area contributed by atoms with Crippen molar-refractivity contribution in [1.82, 2.24) is 10.2 Å². The fraction of sp³-hybridized carbons (Fsp3) is 0.280. The summed E-state index contributed by atoms with van der Waals surface area (Å²) in [5.74, 6) is 0.356. The van der Waals surface area contributed by atoms with Gasteiger partial charge in [0.15, 0.2) is 5.76 Å². The van der Waals surface area contributed by atoms with Crippen LogP contribution in [-0.2, 0) is 0 Å². The zero-order valence-corrected chi connectivity index (χ0v) is 18.0. The Morgan fingerprint density at radius 1 is 1.00 bits per heavy atom. The van der Waals surface area contributed by atoms with E-state index in [2.05, 4.69) is 15.5 Å². The minimum atomic E-state index is -0.400. The standard InChI is InChI=1S/C25H27N3O4/c1-31-19-12-10-18(11-13-19)22(28-14-4-5-15-28)17-26-24(29)20-7-2-3-8-21(20)27-25(30)23-9-6-16-32-23/h2-3,6-13,16,22H,4-5,14-15,17H2,1H3,(H,26,29)(H,27,30)/t22-/m0/s1. The molecule has 0 spiro atoms. The number of amides is 2. The average molecular weight is 434 g/mol. The van der Waals surface area contributed by atoms with Gasteiger partial charge in [-0.25, -0.2) is 0 Å². The first-order chi connectivity index (χ1) is 15.7. The van der Waals surface area contributed by atoms with Crippen LogP contribution in [0.25, 0.3) is 0 Å². The van der Waals surface area contributed by atoms with Crippen molar-refractivity contribution in [3.05, 3.63) is 83.8 Å². The Morgan fingerprint density at radius 3 is 2.44 bits per heavy atom. The number of nitrogens with one attached hydrogen (secondary N) is 2. The fourth-order valence-electron chi connectivity index (χ4n) is 4.00. The minimum Gasteiger partial charge on any atom is -0.497 e. The van der Waals surface area contributed by atoms with Crippen molar-refractivity contribution in [3.8, 4) is 5.75 Å². The van der Waals surface area contributed by atoms with Gasteiger partial charge in [0.05, 0.1) is 30.7 Å². The number of carbonyl (C=O) groups excluding carboxylic acids is 2. The Kier molecular flexibility index (Phi) is 6.87. The highest BCUT2D eigenvalue weighted by molar-refractivity contribution is 6.07. The maximum Gasteiger partial charge on any atom is 0.291 e. The predicted molar refractivity (Wildman–Crippen MR) is 122 cm³/mol. The van der Waals surface area contributed by atoms with Gasteiger partial charge in [-0.2, -0.15) is 0 Å². The lowest BCUT2D eigenvalue weighted by atomic mass is 10.0. The molecule has 0 unspecified atom stereocenters. The molecule has 0 aliphatic carbocycles. The van der Waals surface area contributed by atoms with Crippen LogP contribution < -0.4 is 15.4 Å². The summed E-state index contributed by atoms with van der Waals surface area (Å²) >= 11 is 0. The normalized spacial score (nSPS) is 14.7. The van der Waals surface area contributed by atoms with E-state index < -0.39 is 5.91 Å². The largest absolute Gasteiger partial charge is 0.497 e. The molecule has 1 aliphatic rings. The molecule has 1 fully saturated rings. The van der Waals surface area contributed by atoms with Crippen LogP contribution in [0.4, 0.5) is 5.69 Å². The first-order valence-corrected chi connectivity index (χ1v) is 10.8. The van der Waals surface area contributed by atoms with Gasteiger partial charge in [-0.15, -0.1) is 0 Å². The van der Waals surface area contributed by atoms with Crippen LogP contribution in [0.15, 0.2) is 71.3 Å². The maximum atomic E-state index is 13.1. The third kappa shape index (κ3) is 5.00. The van der Waals surface area contributed by atoms with Gasteiger partial charge < -0.3 is 19.8 Å². The van der Waals surface area contributed by atoms with Crippen molar-refractivity contribution in [1.29, 1.82) is 0 Å². The van der Waals surface area contributed by atoms with E-state index >= 15 is 0 Å². The van der Waals surface area contributed by atoms with E-state index in [-0.39, 0.29) is 17.7 Å². The van der Waals surface area contributed by atoms with Crippen molar-refractivity contribution in [2.24, 2.45) is 0 Å². The fourth-order valence-corrected chi connectivity index (χ4v) is 4.00. The van der Waals surface area contributed by atoms with Crippen LogP contribution in [-0.4, -0.2) is 43.5 Å². The van der Waals surface area contributed by atoms with Gasteiger partial charge in [-0.3, -0.25) is 14.5 Å². The molecule has 2 aromatic carbocycles. The zero-order valence-electron chi connectivity index (χ0n) is 18.0. The van der Waals surface area contributed by atoms with Gasteiger partial charge in [0.2, 0.25) is 0 Å². The molecule has 0 saturated carbocycles. The number of para-hydroxylation sites is 1. The zero-order chi connectivity index (χ0) is 22.3. The lowest BCUT2D eigenvalue weighted by Gasteiger charge is -2.28. The maximum absolute atomic E-state index is 13.1. The molecule has 2 N–H and O–H groups in total. The highest BCUT2D eigenvalue weighted by atomic mass is 16.5. The van der Waals surface area contributed by atoms with Crippen LogP contribution in [0.1, 0.15) is 45.4 Å². The third-order valence-electron chi connectivity index (χ3n) is 5.70. The molecule has 1 aliphatic heterocycles. The number of likely N-dealkylation sites (tertiary alicyclic amines) is 1. The number of nitrogens with zero attached hydrogens (tertiary/aromatic N) is 1. The molecule has 7 heteroatoms. The van der Waals surface area contributed by atoms with E-state index in [4.69, 9.17) is 9.15 Å². The Balaban J connectivity index is 1.48. The van der Waals surface area contributed by atoms with Gasteiger partial charge >= 0.3 is 0 Å². The smallest absolute Gasteiger partial charge is 0.291 e. The second-order valence-corrected chi connectivity index (χ2v) is 7.72. The Bertz CT molecular complexity index is 1040. The number of ether oxygens (including phenoxy) is 1. The molecule has 2 amide bonds. The molecule has 1 aromatic heterocycles. The lowest BCUT2D eigenvalue weighted by Crippen LogP contribution is -2.37. The summed E-state index contributed by atoms with van der Waals surface area (Å²) in [6, 6.07) is 18.2. The average Bonchev–Trinajstić information content (AvgIpc) is 3.55. The molecular formula is C25H27N3O4. The van der Waals surface area contributed by atoms with Crippen LogP contribution in [0.2, 0.25) is 0 Å². The molecule has 2 heterocycles. The van der Waals surface area contributed by atoms with E-state index in [1.807, 2.05) is 24.3 Å². The molecule has 3 aromatic rings. The predicted octanol–water partition coefficient (Wildman–Crippen LogP) is 4.11. The monoisotopic (exact) mass is 433 g/mol. The number of furan rings is 1. The molecule has 32 heavy (non-hydrogen) atoms. The molecule has 0 bridgehead atoms. The van der Waals surface area contributed by atoms with Crippen molar-refractivity contribution >= 4 is 17.5 Å². The summed E-state index contributed by atoms with van der Waals surface area (Å²) in [5, 5.41) is 5.83. The van der Waals surface area contributed by atoms with E-state index in [0.717, 1.165) is 37.2 Å². The van der Waals surface area contributed by atoms with Crippen molar-refractivity contribution < 1.29 is 18.7 Å². The van der Waals surface area contributed by atoms with Gasteiger partial charge in [0.1, 0.15) is 5.75 Å². The Hall–Kier alpha value is -3.58. The molecule has 4 rings (SSSR count). The summed E-state index contributed by atoms with van der Waals surface area (Å²) in [6.07, 6.45) is 3.75. The van der Waals surface area contributed by atoms with Crippen molar-refractivity contribution in [2.75, 3.05) is 32.1 Å². The van der Waals surface area contributed by atoms with E-state index in [1.54, 1.807) is 43.5 Å². The lowest BCUT2D eigenvalue weighted by molar-refractivity contribution is 0.0938. The van der Waals surface area contributed by atoms with Gasteiger partial charge in [-0.05, 0) is 67.9 Å². The molecule has 7 nitrogen and oxygen atoms in total. The van der Waals surface area contributed by atoms with E-state index in [9.17, 15) is 9.59 Å². The third-order valence-corrected chi connectivity index (χ3v) is 5.70. The Labute approximate surface area is 187 Å². The van der Waals surface area contributed by atoms with Crippen LogP contribution in [0, 0.1) is 0 Å². The summed E-state index contributed by atoms with van der Waals surface area (Å²) in [7, 11) is 1.65. The van der Waals surface area contributed by atoms with Gasteiger partial charge in [-0.1, -0.05) is 24.3 Å². The first-order valence-electron chi connectivity index (χ1n) is 10.8. The Morgan fingerprint density at radius 2 is 1.75 bits per heavy atom. The molecule has 1 atom stereocenters. The topological polar surface area (TPSA) is 83.8 Å².